The number of hydrogen-bond acceptors (Lipinski definition) is 8. The van der Waals surface area contributed by atoms with Gasteiger partial charge in [0.15, 0.2) is 6.79 Å². The van der Waals surface area contributed by atoms with Gasteiger partial charge in [0.1, 0.15) is 23.9 Å². The molecule has 0 spiro atoms. The summed E-state index contributed by atoms with van der Waals surface area (Å²) >= 11 is 0. The predicted molar refractivity (Wildman–Crippen MR) is 96.4 cm³/mol. The van der Waals surface area contributed by atoms with Gasteiger partial charge < -0.3 is 23.7 Å². The van der Waals surface area contributed by atoms with Crippen molar-refractivity contribution < 1.29 is 33.4 Å². The van der Waals surface area contributed by atoms with E-state index in [-0.39, 0.29) is 32.1 Å². The van der Waals surface area contributed by atoms with E-state index in [0.29, 0.717) is 33.9 Å². The highest BCUT2D eigenvalue weighted by Crippen LogP contribution is 2.33. The number of nitro groups is 1. The average molecular weight is 389 g/mol. The van der Waals surface area contributed by atoms with Gasteiger partial charge in [0.25, 0.3) is 5.69 Å². The molecule has 3 rings (SSSR count). The van der Waals surface area contributed by atoms with E-state index in [9.17, 15) is 14.9 Å². The summed E-state index contributed by atoms with van der Waals surface area (Å²) in [6, 6.07) is 7.84. The van der Waals surface area contributed by atoms with Gasteiger partial charge in [-0.15, -0.1) is 0 Å². The molecule has 1 heterocycles. The van der Waals surface area contributed by atoms with Crippen LogP contribution in [0.15, 0.2) is 30.3 Å². The molecule has 0 bridgehead atoms. The second-order valence-electron chi connectivity index (χ2n) is 5.98. The van der Waals surface area contributed by atoms with E-state index in [2.05, 4.69) is 0 Å². The third-order valence-corrected chi connectivity index (χ3v) is 4.20. The molecule has 0 saturated carbocycles. The molecule has 1 aliphatic heterocycles. The zero-order chi connectivity index (χ0) is 20.1. The van der Waals surface area contributed by atoms with Crippen LogP contribution in [0.5, 0.6) is 17.2 Å². The Morgan fingerprint density at radius 2 is 2.00 bits per heavy atom. The Morgan fingerprint density at radius 3 is 2.71 bits per heavy atom. The molecule has 2 aromatic carbocycles. The molecule has 0 fully saturated rings. The maximum Gasteiger partial charge on any atom is 0.310 e. The number of rotatable bonds is 7. The Hall–Kier alpha value is -3.33. The lowest BCUT2D eigenvalue weighted by Crippen LogP contribution is -2.15. The van der Waals surface area contributed by atoms with E-state index in [1.807, 2.05) is 0 Å². The van der Waals surface area contributed by atoms with Gasteiger partial charge in [-0.1, -0.05) is 6.07 Å². The molecule has 2 aromatic rings. The molecule has 1 aliphatic rings. The number of non-ortho nitro benzene ring substituents is 1. The van der Waals surface area contributed by atoms with Gasteiger partial charge in [-0.2, -0.15) is 0 Å². The van der Waals surface area contributed by atoms with Gasteiger partial charge >= 0.3 is 5.97 Å². The van der Waals surface area contributed by atoms with Crippen molar-refractivity contribution in [3.8, 4) is 17.2 Å². The number of carbonyl (C=O) groups excluding carboxylic acids is 1. The summed E-state index contributed by atoms with van der Waals surface area (Å²) in [6.45, 7) is 0.0805. The van der Waals surface area contributed by atoms with Crippen molar-refractivity contribution in [3.05, 3.63) is 57.1 Å². The summed E-state index contributed by atoms with van der Waals surface area (Å²) in [4.78, 5) is 22.9. The Kier molecular flexibility index (Phi) is 5.95. The number of nitro benzene ring substituents is 1. The zero-order valence-electron chi connectivity index (χ0n) is 15.4. The number of nitrogens with zero attached hydrogens (tertiary/aromatic N) is 1. The van der Waals surface area contributed by atoms with Crippen LogP contribution in [0.4, 0.5) is 5.69 Å². The van der Waals surface area contributed by atoms with Crippen LogP contribution >= 0.6 is 0 Å². The molecule has 0 aliphatic carbocycles. The van der Waals surface area contributed by atoms with Crippen LogP contribution in [0, 0.1) is 10.1 Å². The van der Waals surface area contributed by atoms with Crippen LogP contribution in [0.1, 0.15) is 16.7 Å². The van der Waals surface area contributed by atoms with E-state index < -0.39 is 10.9 Å². The van der Waals surface area contributed by atoms with E-state index in [1.54, 1.807) is 18.2 Å². The minimum absolute atomic E-state index is 0.0196. The Bertz CT molecular complexity index is 896. The summed E-state index contributed by atoms with van der Waals surface area (Å²) < 4.78 is 26.3. The predicted octanol–water partition coefficient (Wildman–Crippen LogP) is 2.76. The first-order chi connectivity index (χ1) is 13.5. The molecule has 28 heavy (non-hydrogen) atoms. The third kappa shape index (κ3) is 4.32. The van der Waals surface area contributed by atoms with Crippen molar-refractivity contribution in [1.29, 1.82) is 0 Å². The van der Waals surface area contributed by atoms with Crippen molar-refractivity contribution in [2.24, 2.45) is 0 Å². The van der Waals surface area contributed by atoms with Crippen molar-refractivity contribution >= 4 is 11.7 Å². The summed E-state index contributed by atoms with van der Waals surface area (Å²) in [5.41, 5.74) is 1.49. The molecule has 0 aromatic heterocycles. The van der Waals surface area contributed by atoms with E-state index >= 15 is 0 Å². The summed E-state index contributed by atoms with van der Waals surface area (Å²) in [7, 11) is 3.04. The number of carbonyl (C=O) groups is 1. The number of hydrogen-bond donors (Lipinski definition) is 0. The molecule has 0 saturated heterocycles. The lowest BCUT2D eigenvalue weighted by molar-refractivity contribution is -0.385. The minimum atomic E-state index is -0.511. The van der Waals surface area contributed by atoms with Crippen LogP contribution in [0.2, 0.25) is 0 Å². The number of esters is 1. The lowest BCUT2D eigenvalue weighted by Gasteiger charge is -2.20. The molecule has 0 unspecified atom stereocenters. The molecule has 9 nitrogen and oxygen atoms in total. The van der Waals surface area contributed by atoms with Crippen molar-refractivity contribution in [1.82, 2.24) is 0 Å². The highest BCUT2D eigenvalue weighted by molar-refractivity contribution is 5.74. The first-order valence-corrected chi connectivity index (χ1v) is 8.39. The van der Waals surface area contributed by atoms with Gasteiger partial charge in [-0.3, -0.25) is 14.9 Å². The average Bonchev–Trinajstić information content (AvgIpc) is 2.71. The fraction of sp³-hybridized carbons (Fsp3) is 0.316. The molecule has 9 heteroatoms. The maximum absolute atomic E-state index is 12.3. The third-order valence-electron chi connectivity index (χ3n) is 4.20. The SMILES string of the molecule is COc1ccc(CC(=O)OCc2cc([N+](=O)[O-])cc3c2OCOC3)c(OC)c1. The normalized spacial score (nSPS) is 12.5. The zero-order valence-corrected chi connectivity index (χ0v) is 15.4. The summed E-state index contributed by atoms with van der Waals surface area (Å²) in [5.74, 6) is 1.06. The van der Waals surface area contributed by atoms with Crippen LogP contribution in [0.3, 0.4) is 0 Å². The fourth-order valence-corrected chi connectivity index (χ4v) is 2.86. The topological polar surface area (TPSA) is 106 Å². The van der Waals surface area contributed by atoms with E-state index in [0.717, 1.165) is 0 Å². The maximum atomic E-state index is 12.3. The van der Waals surface area contributed by atoms with Crippen molar-refractivity contribution in [3.63, 3.8) is 0 Å². The monoisotopic (exact) mass is 389 g/mol. The van der Waals surface area contributed by atoms with E-state index in [4.69, 9.17) is 23.7 Å². The number of ether oxygens (including phenoxy) is 5. The smallest absolute Gasteiger partial charge is 0.310 e. The number of methoxy groups -OCH3 is 2. The molecular weight excluding hydrogens is 370 g/mol. The molecule has 148 valence electrons. The van der Waals surface area contributed by atoms with Crippen molar-refractivity contribution in [2.45, 2.75) is 19.6 Å². The first-order valence-electron chi connectivity index (χ1n) is 8.39. The van der Waals surface area contributed by atoms with Gasteiger partial charge in [-0.25, -0.2) is 0 Å². The summed E-state index contributed by atoms with van der Waals surface area (Å²) in [5, 5.41) is 11.1. The lowest BCUT2D eigenvalue weighted by atomic mass is 10.1. The second kappa shape index (κ2) is 8.57. The fourth-order valence-electron chi connectivity index (χ4n) is 2.86. The number of fused-ring (bicyclic) bond motifs is 1. The highest BCUT2D eigenvalue weighted by atomic mass is 16.7. The van der Waals surface area contributed by atoms with Crippen molar-refractivity contribution in [2.75, 3.05) is 21.0 Å². The molecule has 0 N–H and O–H groups in total. The second-order valence-corrected chi connectivity index (χ2v) is 5.98. The first kappa shape index (κ1) is 19.4. The van der Waals surface area contributed by atoms with Crippen LogP contribution in [-0.4, -0.2) is 31.9 Å². The largest absolute Gasteiger partial charge is 0.497 e. The standard InChI is InChI=1S/C19H19NO8/c1-24-16-4-3-12(17(8-16)25-2)7-18(21)27-10-14-6-15(20(22)23)5-13-9-26-11-28-19(13)14/h3-6,8H,7,9-11H2,1-2H3. The van der Waals surface area contributed by atoms with Crippen LogP contribution in [-0.2, 0) is 33.9 Å². The Labute approximate surface area is 160 Å². The quantitative estimate of drug-likeness (QED) is 0.404. The van der Waals surface area contributed by atoms with Gasteiger partial charge in [0, 0.05) is 34.9 Å². The molecular formula is C19H19NO8. The molecule has 0 amide bonds. The molecule has 0 atom stereocenters. The highest BCUT2D eigenvalue weighted by Gasteiger charge is 2.22. The van der Waals surface area contributed by atoms with Gasteiger partial charge in [0.2, 0.25) is 0 Å². The Morgan fingerprint density at radius 1 is 1.18 bits per heavy atom. The minimum Gasteiger partial charge on any atom is -0.497 e. The molecule has 0 radical (unpaired) electrons. The number of benzene rings is 2. The summed E-state index contributed by atoms with van der Waals surface area (Å²) in [6.07, 6.45) is -0.0196. The van der Waals surface area contributed by atoms with Crippen LogP contribution < -0.4 is 14.2 Å². The van der Waals surface area contributed by atoms with Gasteiger partial charge in [-0.05, 0) is 6.07 Å². The Balaban J connectivity index is 1.73. The van der Waals surface area contributed by atoms with Gasteiger partial charge in [0.05, 0.1) is 32.2 Å². The van der Waals surface area contributed by atoms with Crippen LogP contribution in [0.25, 0.3) is 0 Å². The van der Waals surface area contributed by atoms with E-state index in [1.165, 1.54) is 26.4 Å².